The first-order valence-corrected chi connectivity index (χ1v) is 15.3. The smallest absolute Gasteiger partial charge is 0.0720 e. The molecule has 1 nitrogen and oxygen atoms in total. The molecule has 1 aromatic rings. The molecule has 9 atom stereocenters. The van der Waals surface area contributed by atoms with Crippen LogP contribution in [-0.2, 0) is 11.3 Å². The Hall–Kier alpha value is -1.34. The molecule has 4 aliphatic carbocycles. The molecule has 5 rings (SSSR count). The Morgan fingerprint density at radius 1 is 0.889 bits per heavy atom. The van der Waals surface area contributed by atoms with Gasteiger partial charge in [0, 0.05) is 0 Å². The Labute approximate surface area is 222 Å². The highest BCUT2D eigenvalue weighted by atomic mass is 16.5. The first-order valence-electron chi connectivity index (χ1n) is 15.3. The van der Waals surface area contributed by atoms with Crippen LogP contribution in [0.1, 0.15) is 98.5 Å². The molecule has 0 saturated heterocycles. The second kappa shape index (κ2) is 10.4. The minimum atomic E-state index is 0.434. The lowest BCUT2D eigenvalue weighted by Crippen LogP contribution is -2.50. The maximum atomic E-state index is 6.45. The minimum Gasteiger partial charge on any atom is -0.374 e. The molecule has 0 spiro atoms. The van der Waals surface area contributed by atoms with Gasteiger partial charge < -0.3 is 4.74 Å². The Balaban J connectivity index is 1.26. The van der Waals surface area contributed by atoms with Crippen molar-refractivity contribution in [1.29, 1.82) is 0 Å². The van der Waals surface area contributed by atoms with Gasteiger partial charge >= 0.3 is 0 Å². The zero-order chi connectivity index (χ0) is 25.5. The molecule has 0 bridgehead atoms. The van der Waals surface area contributed by atoms with Crippen LogP contribution in [0.3, 0.4) is 0 Å². The zero-order valence-corrected chi connectivity index (χ0v) is 24.0. The molecule has 9 unspecified atom stereocenters. The van der Waals surface area contributed by atoms with Crippen LogP contribution in [0.5, 0.6) is 0 Å². The van der Waals surface area contributed by atoms with E-state index in [2.05, 4.69) is 90.1 Å². The highest BCUT2D eigenvalue weighted by molar-refractivity contribution is 5.28. The third-order valence-electron chi connectivity index (χ3n) is 11.8. The van der Waals surface area contributed by atoms with Gasteiger partial charge in [0.2, 0.25) is 0 Å². The number of rotatable bonds is 7. The second-order valence-corrected chi connectivity index (χ2v) is 14.0. The van der Waals surface area contributed by atoms with E-state index in [1.807, 2.05) is 5.57 Å². The third kappa shape index (κ3) is 4.79. The first-order chi connectivity index (χ1) is 17.2. The van der Waals surface area contributed by atoms with Gasteiger partial charge in [-0.15, -0.1) is 0 Å². The zero-order valence-electron chi connectivity index (χ0n) is 24.0. The van der Waals surface area contributed by atoms with E-state index >= 15 is 0 Å². The van der Waals surface area contributed by atoms with Crippen molar-refractivity contribution in [2.75, 3.05) is 0 Å². The van der Waals surface area contributed by atoms with E-state index in [-0.39, 0.29) is 0 Å². The summed E-state index contributed by atoms with van der Waals surface area (Å²) >= 11 is 0. The van der Waals surface area contributed by atoms with Crippen molar-refractivity contribution in [2.45, 2.75) is 106 Å². The van der Waals surface area contributed by atoms with Gasteiger partial charge in [-0.1, -0.05) is 95.7 Å². The number of allylic oxidation sites excluding steroid dienone is 4. The van der Waals surface area contributed by atoms with Crippen molar-refractivity contribution >= 4 is 0 Å². The summed E-state index contributed by atoms with van der Waals surface area (Å²) < 4.78 is 6.45. The average molecular weight is 489 g/mol. The highest BCUT2D eigenvalue weighted by Crippen LogP contribution is 2.66. The monoisotopic (exact) mass is 488 g/mol. The molecule has 3 fully saturated rings. The van der Waals surface area contributed by atoms with Crippen molar-refractivity contribution in [3.8, 4) is 0 Å². The van der Waals surface area contributed by atoms with E-state index in [1.54, 1.807) is 0 Å². The van der Waals surface area contributed by atoms with Gasteiger partial charge in [0.25, 0.3) is 0 Å². The van der Waals surface area contributed by atoms with Crippen LogP contribution < -0.4 is 0 Å². The van der Waals surface area contributed by atoms with Crippen LogP contribution in [0.4, 0.5) is 0 Å². The number of hydrogen-bond donors (Lipinski definition) is 0. The number of benzene rings is 1. The average Bonchev–Trinajstić information content (AvgIpc) is 3.23. The Bertz CT molecular complexity index is 943. The fourth-order valence-corrected chi connectivity index (χ4v) is 9.02. The Morgan fingerprint density at radius 2 is 1.61 bits per heavy atom. The lowest BCUT2D eigenvalue weighted by Gasteiger charge is -2.58. The molecular formula is C35H52O. The molecule has 0 amide bonds. The summed E-state index contributed by atoms with van der Waals surface area (Å²) in [7, 11) is 0. The van der Waals surface area contributed by atoms with Gasteiger partial charge in [-0.05, 0) is 109 Å². The summed E-state index contributed by atoms with van der Waals surface area (Å²) in [4.78, 5) is 0. The van der Waals surface area contributed by atoms with Gasteiger partial charge in [-0.2, -0.15) is 0 Å². The van der Waals surface area contributed by atoms with E-state index in [1.165, 1.54) is 56.9 Å². The van der Waals surface area contributed by atoms with Crippen molar-refractivity contribution in [3.63, 3.8) is 0 Å². The first kappa shape index (κ1) is 26.3. The summed E-state index contributed by atoms with van der Waals surface area (Å²) in [6.45, 7) is 15.7. The van der Waals surface area contributed by atoms with Gasteiger partial charge in [0.15, 0.2) is 0 Å². The molecule has 3 saturated carbocycles. The van der Waals surface area contributed by atoms with Crippen molar-refractivity contribution in [1.82, 2.24) is 0 Å². The number of fused-ring (bicyclic) bond motifs is 5. The Kier molecular flexibility index (Phi) is 7.62. The van der Waals surface area contributed by atoms with Crippen LogP contribution in [-0.4, -0.2) is 6.10 Å². The summed E-state index contributed by atoms with van der Waals surface area (Å²) in [5, 5.41) is 0. The van der Waals surface area contributed by atoms with Crippen molar-refractivity contribution in [2.24, 2.45) is 52.3 Å². The van der Waals surface area contributed by atoms with Gasteiger partial charge in [0.05, 0.1) is 12.7 Å². The van der Waals surface area contributed by atoms with Crippen LogP contribution >= 0.6 is 0 Å². The van der Waals surface area contributed by atoms with E-state index in [0.29, 0.717) is 28.8 Å². The van der Waals surface area contributed by atoms with Gasteiger partial charge in [-0.3, -0.25) is 0 Å². The predicted octanol–water partition coefficient (Wildman–Crippen LogP) is 9.64. The standard InChI is InChI=1S/C35H52O/c1-24(2)25(3)12-13-26(4)31-16-17-32-30-15-14-28-22-29(36-23-27-10-8-7-9-11-27)18-20-34(28,5)33(30)19-21-35(31,32)6/h7-13,15,24-26,28-29,31-33H,14,16-23H2,1-6H3. The van der Waals surface area contributed by atoms with Gasteiger partial charge in [-0.25, -0.2) is 0 Å². The molecule has 198 valence electrons. The quantitative estimate of drug-likeness (QED) is 0.347. The molecule has 0 radical (unpaired) electrons. The van der Waals surface area contributed by atoms with Crippen LogP contribution in [0.2, 0.25) is 0 Å². The lowest BCUT2D eigenvalue weighted by atomic mass is 9.47. The number of ether oxygens (including phenoxy) is 1. The van der Waals surface area contributed by atoms with Crippen molar-refractivity contribution < 1.29 is 4.74 Å². The van der Waals surface area contributed by atoms with E-state index in [0.717, 1.165) is 36.2 Å². The maximum absolute atomic E-state index is 6.45. The van der Waals surface area contributed by atoms with E-state index < -0.39 is 0 Å². The van der Waals surface area contributed by atoms with Crippen LogP contribution in [0, 0.1) is 52.3 Å². The molecule has 4 aliphatic rings. The lowest BCUT2D eigenvalue weighted by molar-refractivity contribution is -0.0707. The third-order valence-corrected chi connectivity index (χ3v) is 11.8. The predicted molar refractivity (Wildman–Crippen MR) is 153 cm³/mol. The molecule has 0 heterocycles. The molecule has 1 aromatic carbocycles. The largest absolute Gasteiger partial charge is 0.374 e. The van der Waals surface area contributed by atoms with Crippen molar-refractivity contribution in [3.05, 3.63) is 59.7 Å². The summed E-state index contributed by atoms with van der Waals surface area (Å²) in [6, 6.07) is 10.7. The SMILES string of the molecule is CC(C)C(C)C=CC(C)C1CCC2C3=CCC4CC(OCc5ccccc5)CCC4(C)C3CCC21C. The normalized spacial score (nSPS) is 39.9. The maximum Gasteiger partial charge on any atom is 0.0720 e. The number of hydrogen-bond acceptors (Lipinski definition) is 1. The van der Waals surface area contributed by atoms with E-state index in [9.17, 15) is 0 Å². The Morgan fingerprint density at radius 3 is 2.36 bits per heavy atom. The minimum absolute atomic E-state index is 0.434. The molecular weight excluding hydrogens is 436 g/mol. The molecule has 0 aliphatic heterocycles. The molecule has 36 heavy (non-hydrogen) atoms. The van der Waals surface area contributed by atoms with Crippen LogP contribution in [0.15, 0.2) is 54.1 Å². The van der Waals surface area contributed by atoms with Gasteiger partial charge in [0.1, 0.15) is 0 Å². The van der Waals surface area contributed by atoms with E-state index in [4.69, 9.17) is 4.74 Å². The molecule has 1 heteroatoms. The summed E-state index contributed by atoms with van der Waals surface area (Å²) in [6.07, 6.45) is 19.1. The summed E-state index contributed by atoms with van der Waals surface area (Å²) in [5.41, 5.74) is 4.17. The fourth-order valence-electron chi connectivity index (χ4n) is 9.02. The fraction of sp³-hybridized carbons (Fsp3) is 0.714. The summed E-state index contributed by atoms with van der Waals surface area (Å²) in [5.74, 6) is 5.38. The topological polar surface area (TPSA) is 9.23 Å². The molecule has 0 N–H and O–H groups in total. The highest BCUT2D eigenvalue weighted by Gasteiger charge is 2.58. The molecule has 0 aromatic heterocycles. The van der Waals surface area contributed by atoms with Crippen LogP contribution in [0.25, 0.3) is 0 Å². The second-order valence-electron chi connectivity index (χ2n) is 14.0.